The van der Waals surface area contributed by atoms with Gasteiger partial charge in [-0.15, -0.1) is 6.58 Å². The van der Waals surface area contributed by atoms with Crippen LogP contribution in [0.1, 0.15) is 19.3 Å². The van der Waals surface area contributed by atoms with Crippen LogP contribution in [0.5, 0.6) is 0 Å². The van der Waals surface area contributed by atoms with Crippen LogP contribution in [0.15, 0.2) is 12.7 Å². The van der Waals surface area contributed by atoms with Crippen molar-refractivity contribution in [3.8, 4) is 0 Å². The van der Waals surface area contributed by atoms with Crippen molar-refractivity contribution in [2.24, 2.45) is 0 Å². The summed E-state index contributed by atoms with van der Waals surface area (Å²) in [5, 5.41) is 8.93. The van der Waals surface area contributed by atoms with Crippen LogP contribution in [0.25, 0.3) is 0 Å². The Balaban J connectivity index is 2.48. The van der Waals surface area contributed by atoms with Crippen molar-refractivity contribution in [1.29, 1.82) is 0 Å². The molecule has 1 N–H and O–H groups in total. The number of carbonyl (C=O) groups excluding carboxylic acids is 1. The number of rotatable bonds is 3. The third-order valence-corrected chi connectivity index (χ3v) is 2.23. The zero-order chi connectivity index (χ0) is 8.97. The van der Waals surface area contributed by atoms with E-state index in [0.29, 0.717) is 6.42 Å². The molecule has 0 aromatic heterocycles. The van der Waals surface area contributed by atoms with Crippen LogP contribution in [0.2, 0.25) is 0 Å². The minimum atomic E-state index is 0.0532. The molecule has 1 atom stereocenters. The highest BCUT2D eigenvalue weighted by molar-refractivity contribution is 5.78. The Bertz CT molecular complexity index is 179. The van der Waals surface area contributed by atoms with E-state index in [1.807, 2.05) is 0 Å². The van der Waals surface area contributed by atoms with Gasteiger partial charge in [-0.1, -0.05) is 6.08 Å². The quantitative estimate of drug-likeness (QED) is 0.627. The summed E-state index contributed by atoms with van der Waals surface area (Å²) in [6.07, 6.45) is 3.93. The van der Waals surface area contributed by atoms with E-state index in [9.17, 15) is 4.79 Å². The van der Waals surface area contributed by atoms with Gasteiger partial charge in [-0.3, -0.25) is 4.79 Å². The van der Waals surface area contributed by atoms with E-state index in [4.69, 9.17) is 5.11 Å². The lowest BCUT2D eigenvalue weighted by Crippen LogP contribution is -2.37. The van der Waals surface area contributed by atoms with Gasteiger partial charge in [-0.05, 0) is 12.8 Å². The van der Waals surface area contributed by atoms with Crippen molar-refractivity contribution in [2.45, 2.75) is 25.3 Å². The predicted molar refractivity (Wildman–Crippen MR) is 46.6 cm³/mol. The second-order valence-electron chi connectivity index (χ2n) is 3.06. The van der Waals surface area contributed by atoms with Gasteiger partial charge in [0.15, 0.2) is 0 Å². The molecule has 12 heavy (non-hydrogen) atoms. The molecule has 0 saturated carbocycles. The first-order chi connectivity index (χ1) is 5.79. The van der Waals surface area contributed by atoms with Crippen LogP contribution in [0, 0.1) is 0 Å². The van der Waals surface area contributed by atoms with Crippen LogP contribution in [0.3, 0.4) is 0 Å². The summed E-state index contributed by atoms with van der Waals surface area (Å²) in [5.41, 5.74) is 0. The Kier molecular flexibility index (Phi) is 3.29. The molecule has 0 aromatic carbocycles. The topological polar surface area (TPSA) is 40.5 Å². The maximum atomic E-state index is 11.4. The molecule has 0 radical (unpaired) electrons. The molecule has 1 aliphatic rings. The molecule has 1 aliphatic heterocycles. The van der Waals surface area contributed by atoms with Crippen molar-refractivity contribution in [1.82, 2.24) is 4.90 Å². The number of amides is 1. The summed E-state index contributed by atoms with van der Waals surface area (Å²) in [7, 11) is 0. The lowest BCUT2D eigenvalue weighted by molar-refractivity contribution is -0.131. The van der Waals surface area contributed by atoms with Gasteiger partial charge in [0.05, 0.1) is 12.6 Å². The molecular formula is C9H15NO2. The zero-order valence-electron chi connectivity index (χ0n) is 7.20. The minimum absolute atomic E-state index is 0.0532. The molecule has 1 amide bonds. The molecule has 1 fully saturated rings. The molecule has 68 valence electrons. The molecule has 0 aliphatic carbocycles. The smallest absolute Gasteiger partial charge is 0.226 e. The normalized spacial score (nSPS) is 22.8. The lowest BCUT2D eigenvalue weighted by Gasteiger charge is -2.22. The SMILES string of the molecule is C=CCC(=O)N1CCCC1CO. The van der Waals surface area contributed by atoms with Gasteiger partial charge in [0.1, 0.15) is 0 Å². The molecule has 1 heterocycles. The van der Waals surface area contributed by atoms with E-state index in [1.54, 1.807) is 11.0 Å². The van der Waals surface area contributed by atoms with Crippen LogP contribution in [-0.2, 0) is 4.79 Å². The third kappa shape index (κ3) is 1.85. The Morgan fingerprint density at radius 3 is 3.08 bits per heavy atom. The van der Waals surface area contributed by atoms with Crippen LogP contribution < -0.4 is 0 Å². The van der Waals surface area contributed by atoms with E-state index in [-0.39, 0.29) is 18.6 Å². The second-order valence-corrected chi connectivity index (χ2v) is 3.06. The number of nitrogens with zero attached hydrogens (tertiary/aromatic N) is 1. The van der Waals surface area contributed by atoms with Crippen molar-refractivity contribution >= 4 is 5.91 Å². The lowest BCUT2D eigenvalue weighted by atomic mass is 10.2. The van der Waals surface area contributed by atoms with E-state index < -0.39 is 0 Å². The summed E-state index contributed by atoms with van der Waals surface area (Å²) >= 11 is 0. The summed E-state index contributed by atoms with van der Waals surface area (Å²) < 4.78 is 0. The average Bonchev–Trinajstić information content (AvgIpc) is 2.51. The molecule has 0 spiro atoms. The fourth-order valence-corrected chi connectivity index (χ4v) is 1.59. The fraction of sp³-hybridized carbons (Fsp3) is 0.667. The second kappa shape index (κ2) is 4.26. The van der Waals surface area contributed by atoms with Crippen molar-refractivity contribution in [2.75, 3.05) is 13.2 Å². The van der Waals surface area contributed by atoms with Crippen LogP contribution >= 0.6 is 0 Å². The largest absolute Gasteiger partial charge is 0.394 e. The fourth-order valence-electron chi connectivity index (χ4n) is 1.59. The maximum Gasteiger partial charge on any atom is 0.226 e. The third-order valence-electron chi connectivity index (χ3n) is 2.23. The van der Waals surface area contributed by atoms with Crippen LogP contribution in [-0.4, -0.2) is 35.1 Å². The number of likely N-dealkylation sites (tertiary alicyclic amines) is 1. The molecule has 3 nitrogen and oxygen atoms in total. The van der Waals surface area contributed by atoms with E-state index in [1.165, 1.54) is 0 Å². The van der Waals surface area contributed by atoms with Crippen LogP contribution in [0.4, 0.5) is 0 Å². The first kappa shape index (κ1) is 9.26. The minimum Gasteiger partial charge on any atom is -0.394 e. The highest BCUT2D eigenvalue weighted by Gasteiger charge is 2.26. The maximum absolute atomic E-state index is 11.4. The van der Waals surface area contributed by atoms with Gasteiger partial charge in [0.25, 0.3) is 0 Å². The number of hydrogen-bond acceptors (Lipinski definition) is 2. The van der Waals surface area contributed by atoms with Gasteiger partial charge in [-0.2, -0.15) is 0 Å². The van der Waals surface area contributed by atoms with E-state index in [0.717, 1.165) is 19.4 Å². The summed E-state index contributed by atoms with van der Waals surface area (Å²) in [6, 6.07) is 0.0532. The molecule has 1 saturated heterocycles. The molecule has 0 bridgehead atoms. The zero-order valence-corrected chi connectivity index (χ0v) is 7.20. The summed E-state index contributed by atoms with van der Waals surface area (Å²) in [6.45, 7) is 4.39. The van der Waals surface area contributed by atoms with Crippen molar-refractivity contribution in [3.05, 3.63) is 12.7 Å². The number of aliphatic hydroxyl groups excluding tert-OH is 1. The summed E-state index contributed by atoms with van der Waals surface area (Å²) in [4.78, 5) is 13.1. The molecular weight excluding hydrogens is 154 g/mol. The Hall–Kier alpha value is -0.830. The highest BCUT2D eigenvalue weighted by atomic mass is 16.3. The highest BCUT2D eigenvalue weighted by Crippen LogP contribution is 2.17. The summed E-state index contributed by atoms with van der Waals surface area (Å²) in [5.74, 6) is 0.0848. The van der Waals surface area contributed by atoms with E-state index in [2.05, 4.69) is 6.58 Å². The Labute approximate surface area is 72.7 Å². The molecule has 3 heteroatoms. The van der Waals surface area contributed by atoms with E-state index >= 15 is 0 Å². The van der Waals surface area contributed by atoms with Crippen molar-refractivity contribution < 1.29 is 9.90 Å². The number of carbonyl (C=O) groups is 1. The van der Waals surface area contributed by atoms with Gasteiger partial charge >= 0.3 is 0 Å². The van der Waals surface area contributed by atoms with Gasteiger partial charge in [0, 0.05) is 13.0 Å². The predicted octanol–water partition coefficient (Wildman–Crippen LogP) is 0.546. The van der Waals surface area contributed by atoms with Gasteiger partial charge in [-0.25, -0.2) is 0 Å². The average molecular weight is 169 g/mol. The first-order valence-electron chi connectivity index (χ1n) is 4.30. The molecule has 0 aromatic rings. The Morgan fingerprint density at radius 2 is 2.50 bits per heavy atom. The molecule has 1 rings (SSSR count). The Morgan fingerprint density at radius 1 is 1.75 bits per heavy atom. The van der Waals surface area contributed by atoms with Gasteiger partial charge in [0.2, 0.25) is 5.91 Å². The number of aliphatic hydroxyl groups is 1. The first-order valence-corrected chi connectivity index (χ1v) is 4.30. The monoisotopic (exact) mass is 169 g/mol. The van der Waals surface area contributed by atoms with Crippen molar-refractivity contribution in [3.63, 3.8) is 0 Å². The van der Waals surface area contributed by atoms with Gasteiger partial charge < -0.3 is 10.0 Å². The molecule has 1 unspecified atom stereocenters. The number of hydrogen-bond donors (Lipinski definition) is 1. The standard InChI is InChI=1S/C9H15NO2/c1-2-4-9(12)10-6-3-5-8(10)7-11/h2,8,11H,1,3-7H2.